The third-order valence-corrected chi connectivity index (χ3v) is 3.83. The van der Waals surface area contributed by atoms with Gasteiger partial charge in [0.05, 0.1) is 5.56 Å². The van der Waals surface area contributed by atoms with Crippen LogP contribution in [0.15, 0.2) is 48.5 Å². The Hall–Kier alpha value is -2.54. The molecular weight excluding hydrogens is 369 g/mol. The van der Waals surface area contributed by atoms with Gasteiger partial charge in [-0.1, -0.05) is 11.6 Å². The number of anilines is 2. The second kappa shape index (κ2) is 8.23. The Kier molecular flexibility index (Phi) is 6.26. The quantitative estimate of drug-likeness (QED) is 0.809. The Balaban J connectivity index is 1.96. The molecule has 0 radical (unpaired) electrons. The van der Waals surface area contributed by atoms with Crippen LogP contribution in [0.1, 0.15) is 18.9 Å². The topological polar surface area (TPSA) is 49.4 Å². The number of halogens is 4. The van der Waals surface area contributed by atoms with E-state index >= 15 is 0 Å². The molecule has 0 saturated heterocycles. The van der Waals surface area contributed by atoms with Crippen LogP contribution in [0.3, 0.4) is 0 Å². The number of amides is 2. The molecule has 0 spiro atoms. The van der Waals surface area contributed by atoms with Crippen molar-refractivity contribution in [2.45, 2.75) is 19.5 Å². The number of nitrogens with one attached hydrogen (secondary N) is 1. The first-order chi connectivity index (χ1) is 12.2. The summed E-state index contributed by atoms with van der Waals surface area (Å²) in [5.41, 5.74) is 0.0640. The van der Waals surface area contributed by atoms with E-state index in [0.717, 1.165) is 12.1 Å². The van der Waals surface area contributed by atoms with E-state index in [2.05, 4.69) is 5.32 Å². The van der Waals surface area contributed by atoms with Gasteiger partial charge in [-0.2, -0.15) is 13.2 Å². The lowest BCUT2D eigenvalue weighted by Gasteiger charge is -2.21. The van der Waals surface area contributed by atoms with Crippen molar-refractivity contribution >= 4 is 34.8 Å². The Morgan fingerprint density at radius 3 is 2.12 bits per heavy atom. The van der Waals surface area contributed by atoms with Crippen molar-refractivity contribution in [2.24, 2.45) is 0 Å². The van der Waals surface area contributed by atoms with Crippen LogP contribution in [-0.4, -0.2) is 18.4 Å². The molecule has 0 saturated carbocycles. The lowest BCUT2D eigenvalue weighted by molar-refractivity contribution is -0.137. The largest absolute Gasteiger partial charge is 0.416 e. The summed E-state index contributed by atoms with van der Waals surface area (Å²) in [6, 6.07) is 10.8. The zero-order valence-electron chi connectivity index (χ0n) is 13.8. The summed E-state index contributed by atoms with van der Waals surface area (Å²) in [4.78, 5) is 25.2. The molecule has 2 amide bonds. The minimum atomic E-state index is -4.43. The molecule has 0 aliphatic carbocycles. The number of benzene rings is 2. The average Bonchev–Trinajstić information content (AvgIpc) is 2.56. The van der Waals surface area contributed by atoms with E-state index in [1.807, 2.05) is 0 Å². The normalized spacial score (nSPS) is 11.1. The number of hydrogen-bond donors (Lipinski definition) is 1. The summed E-state index contributed by atoms with van der Waals surface area (Å²) in [5.74, 6) is -0.653. The first-order valence-electron chi connectivity index (χ1n) is 7.67. The highest BCUT2D eigenvalue weighted by atomic mass is 35.5. The maximum Gasteiger partial charge on any atom is 0.416 e. The highest BCUT2D eigenvalue weighted by molar-refractivity contribution is 6.30. The molecule has 0 fully saturated rings. The van der Waals surface area contributed by atoms with Crippen molar-refractivity contribution in [2.75, 3.05) is 16.8 Å². The molecule has 138 valence electrons. The highest BCUT2D eigenvalue weighted by Gasteiger charge is 2.30. The standard InChI is InChI=1S/C18H16ClF3N2O2/c1-12(25)24(16-8-4-14(19)5-9-16)11-10-17(26)23-15-6-2-13(3-7-15)18(20,21)22/h2-9H,10-11H2,1H3,(H,23,26). The molecule has 0 aromatic heterocycles. The Morgan fingerprint density at radius 2 is 1.62 bits per heavy atom. The van der Waals surface area contributed by atoms with Crippen LogP contribution < -0.4 is 10.2 Å². The summed E-state index contributed by atoms with van der Waals surface area (Å²) >= 11 is 5.82. The SMILES string of the molecule is CC(=O)N(CCC(=O)Nc1ccc(C(F)(F)F)cc1)c1ccc(Cl)cc1. The molecule has 4 nitrogen and oxygen atoms in total. The van der Waals surface area contributed by atoms with Gasteiger partial charge < -0.3 is 10.2 Å². The molecule has 0 aliphatic heterocycles. The Bertz CT molecular complexity index is 775. The van der Waals surface area contributed by atoms with Gasteiger partial charge >= 0.3 is 6.18 Å². The van der Waals surface area contributed by atoms with E-state index in [1.165, 1.54) is 24.0 Å². The fraction of sp³-hybridized carbons (Fsp3) is 0.222. The van der Waals surface area contributed by atoms with Crippen LogP contribution in [0.4, 0.5) is 24.5 Å². The molecule has 2 aromatic rings. The van der Waals surface area contributed by atoms with Crippen molar-refractivity contribution in [3.63, 3.8) is 0 Å². The van der Waals surface area contributed by atoms with Crippen molar-refractivity contribution < 1.29 is 22.8 Å². The lowest BCUT2D eigenvalue weighted by Crippen LogP contribution is -2.31. The third-order valence-electron chi connectivity index (χ3n) is 3.58. The molecule has 0 aliphatic rings. The molecule has 0 bridgehead atoms. The zero-order chi connectivity index (χ0) is 19.3. The summed E-state index contributed by atoms with van der Waals surface area (Å²) in [6.07, 6.45) is -4.44. The van der Waals surface area contributed by atoms with E-state index in [-0.39, 0.29) is 24.6 Å². The molecule has 0 atom stereocenters. The third kappa shape index (κ3) is 5.49. The average molecular weight is 385 g/mol. The minimum absolute atomic E-state index is 0.0107. The minimum Gasteiger partial charge on any atom is -0.326 e. The van der Waals surface area contributed by atoms with E-state index in [4.69, 9.17) is 11.6 Å². The number of nitrogens with zero attached hydrogens (tertiary/aromatic N) is 1. The smallest absolute Gasteiger partial charge is 0.326 e. The molecule has 0 unspecified atom stereocenters. The number of carbonyl (C=O) groups is 2. The fourth-order valence-corrected chi connectivity index (χ4v) is 2.39. The second-order valence-electron chi connectivity index (χ2n) is 5.52. The summed E-state index contributed by atoms with van der Waals surface area (Å²) in [5, 5.41) is 3.04. The van der Waals surface area contributed by atoms with Crippen molar-refractivity contribution in [1.82, 2.24) is 0 Å². The monoisotopic (exact) mass is 384 g/mol. The van der Waals surface area contributed by atoms with Crippen molar-refractivity contribution in [3.8, 4) is 0 Å². The van der Waals surface area contributed by atoms with Crippen LogP contribution in [0.5, 0.6) is 0 Å². The zero-order valence-corrected chi connectivity index (χ0v) is 14.6. The van der Waals surface area contributed by atoms with Gasteiger partial charge in [-0.05, 0) is 48.5 Å². The molecular formula is C18H16ClF3N2O2. The number of carbonyl (C=O) groups excluding carboxylic acids is 2. The molecule has 2 rings (SSSR count). The van der Waals surface area contributed by atoms with Crippen LogP contribution in [0.25, 0.3) is 0 Å². The van der Waals surface area contributed by atoms with E-state index in [0.29, 0.717) is 10.7 Å². The predicted molar refractivity (Wildman–Crippen MR) is 94.2 cm³/mol. The number of alkyl halides is 3. The lowest BCUT2D eigenvalue weighted by atomic mass is 10.2. The molecule has 1 N–H and O–H groups in total. The van der Waals surface area contributed by atoms with Crippen LogP contribution >= 0.6 is 11.6 Å². The van der Waals surface area contributed by atoms with Gasteiger partial charge in [0.25, 0.3) is 0 Å². The predicted octanol–water partition coefficient (Wildman–Crippen LogP) is 4.74. The van der Waals surface area contributed by atoms with Crippen LogP contribution in [-0.2, 0) is 15.8 Å². The van der Waals surface area contributed by atoms with Gasteiger partial charge in [0.1, 0.15) is 0 Å². The van der Waals surface area contributed by atoms with Crippen molar-refractivity contribution in [1.29, 1.82) is 0 Å². The maximum absolute atomic E-state index is 12.5. The fourth-order valence-electron chi connectivity index (χ4n) is 2.27. The summed E-state index contributed by atoms with van der Waals surface area (Å²) in [7, 11) is 0. The molecule has 0 heterocycles. The molecule has 2 aromatic carbocycles. The maximum atomic E-state index is 12.5. The van der Waals surface area contributed by atoms with Gasteiger partial charge in [-0.15, -0.1) is 0 Å². The summed E-state index contributed by atoms with van der Waals surface area (Å²) in [6.45, 7) is 1.51. The van der Waals surface area contributed by atoms with Gasteiger partial charge in [0.15, 0.2) is 0 Å². The van der Waals surface area contributed by atoms with E-state index < -0.39 is 17.6 Å². The molecule has 26 heavy (non-hydrogen) atoms. The highest BCUT2D eigenvalue weighted by Crippen LogP contribution is 2.29. The van der Waals surface area contributed by atoms with Gasteiger partial charge in [-0.3, -0.25) is 9.59 Å². The summed E-state index contributed by atoms with van der Waals surface area (Å²) < 4.78 is 37.6. The molecule has 8 heteroatoms. The second-order valence-corrected chi connectivity index (χ2v) is 5.96. The van der Waals surface area contributed by atoms with Crippen LogP contribution in [0.2, 0.25) is 5.02 Å². The van der Waals surface area contributed by atoms with Gasteiger partial charge in [0.2, 0.25) is 11.8 Å². The van der Waals surface area contributed by atoms with Gasteiger partial charge in [0, 0.05) is 36.3 Å². The first-order valence-corrected chi connectivity index (χ1v) is 8.05. The van der Waals surface area contributed by atoms with Crippen molar-refractivity contribution in [3.05, 3.63) is 59.1 Å². The van der Waals surface area contributed by atoms with Crippen LogP contribution in [0, 0.1) is 0 Å². The Morgan fingerprint density at radius 1 is 1.04 bits per heavy atom. The first kappa shape index (κ1) is 19.8. The Labute approximate surface area is 153 Å². The van der Waals surface area contributed by atoms with E-state index in [1.54, 1.807) is 24.3 Å². The van der Waals surface area contributed by atoms with E-state index in [9.17, 15) is 22.8 Å². The number of hydrogen-bond acceptors (Lipinski definition) is 2. The van der Waals surface area contributed by atoms with Gasteiger partial charge in [-0.25, -0.2) is 0 Å². The number of rotatable bonds is 5.